The van der Waals surface area contributed by atoms with E-state index in [9.17, 15) is 14.9 Å². The molecule has 0 saturated carbocycles. The second-order valence-corrected chi connectivity index (χ2v) is 8.99. The average Bonchev–Trinajstić information content (AvgIpc) is 3.20. The van der Waals surface area contributed by atoms with E-state index in [1.807, 2.05) is 18.2 Å². The largest absolute Gasteiger partial charge is 0.484 e. The van der Waals surface area contributed by atoms with Crippen molar-refractivity contribution in [2.24, 2.45) is 0 Å². The summed E-state index contributed by atoms with van der Waals surface area (Å²) in [6.07, 6.45) is 0. The van der Waals surface area contributed by atoms with Gasteiger partial charge >= 0.3 is 0 Å². The zero-order valence-electron chi connectivity index (χ0n) is 21.3. The predicted octanol–water partition coefficient (Wildman–Crippen LogP) is 4.52. The van der Waals surface area contributed by atoms with Crippen molar-refractivity contribution in [1.82, 2.24) is 19.4 Å². The Morgan fingerprint density at radius 1 is 1.08 bits per heavy atom. The molecule has 1 N–H and O–H groups in total. The third kappa shape index (κ3) is 7.54. The van der Waals surface area contributed by atoms with Crippen molar-refractivity contribution < 1.29 is 14.5 Å². The maximum Gasteiger partial charge on any atom is 0.269 e. The average molecular weight is 553 g/mol. The quantitative estimate of drug-likeness (QED) is 0.307. The van der Waals surface area contributed by atoms with Crippen molar-refractivity contribution >= 4 is 53.1 Å². The first-order chi connectivity index (χ1) is 16.8. The fourth-order valence-electron chi connectivity index (χ4n) is 4.39. The molecule has 0 radical (unpaired) electrons. The maximum atomic E-state index is 12.4. The van der Waals surface area contributed by atoms with Gasteiger partial charge < -0.3 is 19.5 Å². The number of nitrogens with one attached hydrogen (secondary N) is 1. The van der Waals surface area contributed by atoms with Gasteiger partial charge in [-0.3, -0.25) is 19.8 Å². The normalized spacial score (nSPS) is 14.2. The number of carbonyl (C=O) groups excluding carboxylic acids is 1. The van der Waals surface area contributed by atoms with Crippen molar-refractivity contribution in [2.75, 3.05) is 44.6 Å². The van der Waals surface area contributed by atoms with E-state index in [0.717, 1.165) is 56.1 Å². The molecule has 202 valence electrons. The fraction of sp³-hybridized carbons (Fsp3) is 0.440. The van der Waals surface area contributed by atoms with Gasteiger partial charge in [0.25, 0.3) is 11.6 Å². The van der Waals surface area contributed by atoms with E-state index in [2.05, 4.69) is 40.5 Å². The van der Waals surface area contributed by atoms with E-state index in [0.29, 0.717) is 11.4 Å². The van der Waals surface area contributed by atoms with Crippen LogP contribution in [0.2, 0.25) is 0 Å². The number of non-ortho nitro benzene ring substituents is 1. The second-order valence-electron chi connectivity index (χ2n) is 8.99. The van der Waals surface area contributed by atoms with Crippen LogP contribution < -0.4 is 10.1 Å². The second kappa shape index (κ2) is 13.6. The number of amides is 1. The summed E-state index contributed by atoms with van der Waals surface area (Å²) >= 11 is 0. The number of anilines is 1. The molecule has 1 aliphatic rings. The summed E-state index contributed by atoms with van der Waals surface area (Å²) in [5.41, 5.74) is 2.50. The highest BCUT2D eigenvalue weighted by Crippen LogP contribution is 2.25. The van der Waals surface area contributed by atoms with Crippen molar-refractivity contribution in [1.29, 1.82) is 0 Å². The molecule has 1 aliphatic heterocycles. The first-order valence-corrected chi connectivity index (χ1v) is 12.0. The molecule has 2 heterocycles. The minimum Gasteiger partial charge on any atom is -0.484 e. The molecule has 0 aliphatic carbocycles. The van der Waals surface area contributed by atoms with Crippen LogP contribution in [0.15, 0.2) is 42.5 Å². The Hall–Kier alpha value is -2.92. The molecule has 0 atom stereocenters. The van der Waals surface area contributed by atoms with Gasteiger partial charge in [-0.05, 0) is 50.7 Å². The van der Waals surface area contributed by atoms with Crippen LogP contribution in [0.3, 0.4) is 0 Å². The first-order valence-electron chi connectivity index (χ1n) is 12.0. The molecular formula is C25H34Cl2N6O4. The van der Waals surface area contributed by atoms with Crippen LogP contribution in [0, 0.1) is 10.1 Å². The lowest BCUT2D eigenvalue weighted by molar-refractivity contribution is -0.384. The summed E-state index contributed by atoms with van der Waals surface area (Å²) in [6, 6.07) is 11.6. The number of carbonyl (C=O) groups is 1. The molecular weight excluding hydrogens is 519 g/mol. The van der Waals surface area contributed by atoms with Gasteiger partial charge in [0.05, 0.1) is 22.5 Å². The predicted molar refractivity (Wildman–Crippen MR) is 149 cm³/mol. The molecule has 0 bridgehead atoms. The van der Waals surface area contributed by atoms with Crippen LogP contribution in [-0.2, 0) is 11.3 Å². The number of rotatable bonds is 9. The van der Waals surface area contributed by atoms with Crippen LogP contribution in [-0.4, -0.2) is 69.5 Å². The van der Waals surface area contributed by atoms with Gasteiger partial charge in [0.2, 0.25) is 0 Å². The van der Waals surface area contributed by atoms with Gasteiger partial charge in [0, 0.05) is 50.0 Å². The zero-order chi connectivity index (χ0) is 24.9. The number of hydrogen-bond acceptors (Lipinski definition) is 7. The van der Waals surface area contributed by atoms with E-state index in [1.54, 1.807) is 0 Å². The van der Waals surface area contributed by atoms with E-state index >= 15 is 0 Å². The highest BCUT2D eigenvalue weighted by molar-refractivity contribution is 5.94. The monoisotopic (exact) mass is 552 g/mol. The number of nitro groups is 1. The number of fused-ring (bicyclic) bond motifs is 1. The first kappa shape index (κ1) is 30.3. The lowest BCUT2D eigenvalue weighted by atomic mass is 10.2. The number of halogens is 2. The van der Waals surface area contributed by atoms with E-state index < -0.39 is 4.92 Å². The van der Waals surface area contributed by atoms with Crippen molar-refractivity contribution in [3.05, 3.63) is 58.4 Å². The SMILES string of the molecule is CCN1CCN(Cc2nc3cc(NC(=O)COc4ccc([N+](=O)[O-])cc4)ccc3n2C(C)C)CC1.Cl.Cl. The maximum absolute atomic E-state index is 12.4. The number of benzene rings is 2. The van der Waals surface area contributed by atoms with Crippen LogP contribution in [0.4, 0.5) is 11.4 Å². The summed E-state index contributed by atoms with van der Waals surface area (Å²) in [5, 5.41) is 13.6. The van der Waals surface area contributed by atoms with Crippen LogP contribution in [0.1, 0.15) is 32.6 Å². The molecule has 1 fully saturated rings. The van der Waals surface area contributed by atoms with Crippen molar-refractivity contribution in [3.63, 3.8) is 0 Å². The molecule has 37 heavy (non-hydrogen) atoms. The molecule has 2 aromatic carbocycles. The van der Waals surface area contributed by atoms with Crippen LogP contribution in [0.25, 0.3) is 11.0 Å². The van der Waals surface area contributed by atoms with Gasteiger partial charge in [-0.15, -0.1) is 24.8 Å². The number of ether oxygens (including phenoxy) is 1. The number of aromatic nitrogens is 2. The highest BCUT2D eigenvalue weighted by atomic mass is 35.5. The molecule has 0 spiro atoms. The van der Waals surface area contributed by atoms with Crippen molar-refractivity contribution in [2.45, 2.75) is 33.4 Å². The van der Waals surface area contributed by atoms with E-state index in [1.165, 1.54) is 24.3 Å². The summed E-state index contributed by atoms with van der Waals surface area (Å²) in [5.74, 6) is 1.10. The number of imidazole rings is 1. The topological polar surface area (TPSA) is 106 Å². The molecule has 10 nitrogen and oxygen atoms in total. The molecule has 1 saturated heterocycles. The summed E-state index contributed by atoms with van der Waals surface area (Å²) < 4.78 is 7.72. The van der Waals surface area contributed by atoms with Gasteiger partial charge in [0.15, 0.2) is 6.61 Å². The number of nitrogens with zero attached hydrogens (tertiary/aromatic N) is 5. The Labute approximate surface area is 228 Å². The Balaban J connectivity index is 0.00000241. The zero-order valence-corrected chi connectivity index (χ0v) is 22.9. The molecule has 3 aromatic rings. The fourth-order valence-corrected chi connectivity index (χ4v) is 4.39. The lowest BCUT2D eigenvalue weighted by Crippen LogP contribution is -2.45. The minimum atomic E-state index is -0.481. The standard InChI is InChI=1S/C25H32N6O4.2ClH/c1-4-28-11-13-29(14-12-28)16-24-27-22-15-19(5-10-23(22)30(24)18(2)3)26-25(32)17-35-21-8-6-20(7-9-21)31(33)34;;/h5-10,15,18H,4,11-14,16-17H2,1-3H3,(H,26,32);2*1H. The molecule has 1 aromatic heterocycles. The minimum absolute atomic E-state index is 0. The van der Waals surface area contributed by atoms with E-state index in [-0.39, 0.29) is 49.1 Å². The Bertz CT molecular complexity index is 1190. The third-order valence-electron chi connectivity index (χ3n) is 6.26. The van der Waals surface area contributed by atoms with Gasteiger partial charge in [0.1, 0.15) is 11.6 Å². The van der Waals surface area contributed by atoms with Crippen LogP contribution >= 0.6 is 24.8 Å². The van der Waals surface area contributed by atoms with E-state index in [4.69, 9.17) is 9.72 Å². The Morgan fingerprint density at radius 3 is 2.32 bits per heavy atom. The highest BCUT2D eigenvalue weighted by Gasteiger charge is 2.20. The Morgan fingerprint density at radius 2 is 1.73 bits per heavy atom. The van der Waals surface area contributed by atoms with Gasteiger partial charge in [-0.1, -0.05) is 6.92 Å². The lowest BCUT2D eigenvalue weighted by Gasteiger charge is -2.34. The third-order valence-corrected chi connectivity index (χ3v) is 6.26. The number of piperazine rings is 1. The number of likely N-dealkylation sites (N-methyl/N-ethyl adjacent to an activating group) is 1. The smallest absolute Gasteiger partial charge is 0.269 e. The van der Waals surface area contributed by atoms with Crippen LogP contribution in [0.5, 0.6) is 5.75 Å². The summed E-state index contributed by atoms with van der Waals surface area (Å²) in [6.45, 7) is 12.4. The number of hydrogen-bond donors (Lipinski definition) is 1. The Kier molecular flexibility index (Phi) is 11.1. The molecule has 12 heteroatoms. The number of nitro benzene ring substituents is 1. The molecule has 4 rings (SSSR count). The molecule has 0 unspecified atom stereocenters. The van der Waals surface area contributed by atoms with Gasteiger partial charge in [-0.25, -0.2) is 4.98 Å². The molecule has 1 amide bonds. The van der Waals surface area contributed by atoms with Gasteiger partial charge in [-0.2, -0.15) is 0 Å². The summed E-state index contributed by atoms with van der Waals surface area (Å²) in [4.78, 5) is 32.5. The van der Waals surface area contributed by atoms with Crippen molar-refractivity contribution in [3.8, 4) is 5.75 Å². The summed E-state index contributed by atoms with van der Waals surface area (Å²) in [7, 11) is 0.